The summed E-state index contributed by atoms with van der Waals surface area (Å²) in [6.07, 6.45) is 2.08. The summed E-state index contributed by atoms with van der Waals surface area (Å²) in [5.41, 5.74) is 7.00. The molecule has 0 aliphatic carbocycles. The van der Waals surface area contributed by atoms with Crippen LogP contribution in [0.4, 0.5) is 5.69 Å². The van der Waals surface area contributed by atoms with Crippen molar-refractivity contribution in [2.45, 2.75) is 32.2 Å². The van der Waals surface area contributed by atoms with E-state index in [9.17, 15) is 0 Å². The summed E-state index contributed by atoms with van der Waals surface area (Å²) >= 11 is 3.42. The molecule has 0 saturated heterocycles. The van der Waals surface area contributed by atoms with Crippen LogP contribution in [-0.4, -0.2) is 12.1 Å². The third-order valence-corrected chi connectivity index (χ3v) is 3.53. The first kappa shape index (κ1) is 12.5. The standard InChI is InChI=1S/C12H19BrN2/c1-3-12(4-2,9-14)15-11-7-5-10(13)6-8-11/h5-8,15H,3-4,9,14H2,1-2H3. The van der Waals surface area contributed by atoms with Gasteiger partial charge < -0.3 is 11.1 Å². The Balaban J connectivity index is 2.78. The number of benzene rings is 1. The zero-order chi connectivity index (χ0) is 11.3. The highest BCUT2D eigenvalue weighted by Gasteiger charge is 2.23. The van der Waals surface area contributed by atoms with Gasteiger partial charge in [0.2, 0.25) is 0 Å². The van der Waals surface area contributed by atoms with Crippen LogP contribution in [0.1, 0.15) is 26.7 Å². The van der Waals surface area contributed by atoms with E-state index in [4.69, 9.17) is 5.73 Å². The fraction of sp³-hybridized carbons (Fsp3) is 0.500. The van der Waals surface area contributed by atoms with Gasteiger partial charge in [-0.25, -0.2) is 0 Å². The first-order chi connectivity index (χ1) is 7.15. The van der Waals surface area contributed by atoms with E-state index in [1.54, 1.807) is 0 Å². The zero-order valence-electron chi connectivity index (χ0n) is 9.39. The molecule has 3 N–H and O–H groups in total. The lowest BCUT2D eigenvalue weighted by atomic mass is 9.92. The molecule has 0 bridgehead atoms. The van der Waals surface area contributed by atoms with Crippen molar-refractivity contribution in [1.82, 2.24) is 0 Å². The van der Waals surface area contributed by atoms with E-state index in [-0.39, 0.29) is 5.54 Å². The number of nitrogens with one attached hydrogen (secondary N) is 1. The molecule has 0 atom stereocenters. The van der Waals surface area contributed by atoms with Crippen LogP contribution in [0.3, 0.4) is 0 Å². The molecule has 2 nitrogen and oxygen atoms in total. The fourth-order valence-corrected chi connectivity index (χ4v) is 1.87. The molecule has 84 valence electrons. The Kier molecular flexibility index (Phi) is 4.61. The number of halogens is 1. The van der Waals surface area contributed by atoms with E-state index in [0.717, 1.165) is 23.0 Å². The summed E-state index contributed by atoms with van der Waals surface area (Å²) in [5, 5.41) is 3.52. The van der Waals surface area contributed by atoms with Crippen molar-refractivity contribution in [3.63, 3.8) is 0 Å². The van der Waals surface area contributed by atoms with Gasteiger partial charge in [-0.05, 0) is 37.1 Å². The van der Waals surface area contributed by atoms with Crippen molar-refractivity contribution < 1.29 is 0 Å². The predicted molar refractivity (Wildman–Crippen MR) is 70.1 cm³/mol. The average molecular weight is 271 g/mol. The molecule has 0 aliphatic rings. The second-order valence-electron chi connectivity index (χ2n) is 3.82. The molecule has 0 saturated carbocycles. The Bertz CT molecular complexity index is 283. The highest BCUT2D eigenvalue weighted by molar-refractivity contribution is 9.10. The van der Waals surface area contributed by atoms with Crippen LogP contribution >= 0.6 is 15.9 Å². The number of rotatable bonds is 5. The smallest absolute Gasteiger partial charge is 0.0490 e. The molecular formula is C12H19BrN2. The molecule has 0 unspecified atom stereocenters. The molecular weight excluding hydrogens is 252 g/mol. The highest BCUT2D eigenvalue weighted by atomic mass is 79.9. The predicted octanol–water partition coefficient (Wildman–Crippen LogP) is 3.38. The summed E-state index contributed by atoms with van der Waals surface area (Å²) in [7, 11) is 0. The normalized spacial score (nSPS) is 11.5. The van der Waals surface area contributed by atoms with Crippen molar-refractivity contribution in [2.75, 3.05) is 11.9 Å². The quantitative estimate of drug-likeness (QED) is 0.861. The average Bonchev–Trinajstić information content (AvgIpc) is 2.29. The lowest BCUT2D eigenvalue weighted by Gasteiger charge is -2.32. The number of anilines is 1. The first-order valence-corrected chi connectivity index (χ1v) is 6.19. The van der Waals surface area contributed by atoms with E-state index in [1.807, 2.05) is 12.1 Å². The molecule has 0 amide bonds. The zero-order valence-corrected chi connectivity index (χ0v) is 11.0. The summed E-state index contributed by atoms with van der Waals surface area (Å²) in [5.74, 6) is 0. The van der Waals surface area contributed by atoms with Gasteiger partial charge in [0.05, 0.1) is 0 Å². The minimum atomic E-state index is 0.0355. The molecule has 0 spiro atoms. The Morgan fingerprint density at radius 2 is 1.73 bits per heavy atom. The van der Waals surface area contributed by atoms with Crippen LogP contribution in [0.25, 0.3) is 0 Å². The topological polar surface area (TPSA) is 38.0 Å². The van der Waals surface area contributed by atoms with Crippen molar-refractivity contribution in [3.8, 4) is 0 Å². The Morgan fingerprint density at radius 3 is 2.13 bits per heavy atom. The second-order valence-corrected chi connectivity index (χ2v) is 4.74. The van der Waals surface area contributed by atoms with Crippen LogP contribution in [-0.2, 0) is 0 Å². The third kappa shape index (κ3) is 3.21. The van der Waals surface area contributed by atoms with Gasteiger partial charge >= 0.3 is 0 Å². The van der Waals surface area contributed by atoms with E-state index in [0.29, 0.717) is 6.54 Å². The highest BCUT2D eigenvalue weighted by Crippen LogP contribution is 2.22. The lowest BCUT2D eigenvalue weighted by Crippen LogP contribution is -2.44. The summed E-state index contributed by atoms with van der Waals surface area (Å²) in [4.78, 5) is 0. The van der Waals surface area contributed by atoms with E-state index < -0.39 is 0 Å². The van der Waals surface area contributed by atoms with Crippen LogP contribution in [0.2, 0.25) is 0 Å². The minimum absolute atomic E-state index is 0.0355. The van der Waals surface area contributed by atoms with Gasteiger partial charge in [0.15, 0.2) is 0 Å². The molecule has 1 rings (SSSR count). The van der Waals surface area contributed by atoms with Gasteiger partial charge in [0, 0.05) is 22.2 Å². The Morgan fingerprint density at radius 1 is 1.20 bits per heavy atom. The van der Waals surface area contributed by atoms with Gasteiger partial charge in [-0.2, -0.15) is 0 Å². The van der Waals surface area contributed by atoms with E-state index in [1.165, 1.54) is 0 Å². The van der Waals surface area contributed by atoms with Gasteiger partial charge in [-0.1, -0.05) is 29.8 Å². The summed E-state index contributed by atoms with van der Waals surface area (Å²) < 4.78 is 1.10. The molecule has 15 heavy (non-hydrogen) atoms. The third-order valence-electron chi connectivity index (χ3n) is 3.00. The molecule has 3 heteroatoms. The first-order valence-electron chi connectivity index (χ1n) is 5.39. The second kappa shape index (κ2) is 5.52. The summed E-state index contributed by atoms with van der Waals surface area (Å²) in [6, 6.07) is 8.21. The summed E-state index contributed by atoms with van der Waals surface area (Å²) in [6.45, 7) is 5.00. The van der Waals surface area contributed by atoms with Crippen molar-refractivity contribution in [1.29, 1.82) is 0 Å². The van der Waals surface area contributed by atoms with Crippen LogP contribution < -0.4 is 11.1 Å². The number of hydrogen-bond acceptors (Lipinski definition) is 2. The van der Waals surface area contributed by atoms with E-state index in [2.05, 4.69) is 47.2 Å². The van der Waals surface area contributed by atoms with Crippen molar-refractivity contribution in [3.05, 3.63) is 28.7 Å². The number of hydrogen-bond donors (Lipinski definition) is 2. The Labute approximate surface area is 100 Å². The van der Waals surface area contributed by atoms with Gasteiger partial charge in [-0.3, -0.25) is 0 Å². The maximum Gasteiger partial charge on any atom is 0.0490 e. The van der Waals surface area contributed by atoms with Crippen LogP contribution in [0.15, 0.2) is 28.7 Å². The largest absolute Gasteiger partial charge is 0.378 e. The lowest BCUT2D eigenvalue weighted by molar-refractivity contribution is 0.445. The monoisotopic (exact) mass is 270 g/mol. The van der Waals surface area contributed by atoms with Gasteiger partial charge in [0.1, 0.15) is 0 Å². The molecule has 0 fully saturated rings. The SMILES string of the molecule is CCC(CC)(CN)Nc1ccc(Br)cc1. The van der Waals surface area contributed by atoms with Gasteiger partial charge in [-0.15, -0.1) is 0 Å². The Hall–Kier alpha value is -0.540. The molecule has 0 heterocycles. The molecule has 1 aromatic rings. The van der Waals surface area contributed by atoms with Crippen molar-refractivity contribution >= 4 is 21.6 Å². The molecule has 1 aromatic carbocycles. The number of nitrogens with two attached hydrogens (primary N) is 1. The van der Waals surface area contributed by atoms with Crippen LogP contribution in [0, 0.1) is 0 Å². The van der Waals surface area contributed by atoms with Crippen LogP contribution in [0.5, 0.6) is 0 Å². The van der Waals surface area contributed by atoms with E-state index >= 15 is 0 Å². The molecule has 0 aromatic heterocycles. The van der Waals surface area contributed by atoms with Gasteiger partial charge in [0.25, 0.3) is 0 Å². The maximum atomic E-state index is 5.83. The molecule has 0 aliphatic heterocycles. The minimum Gasteiger partial charge on any atom is -0.378 e. The fourth-order valence-electron chi connectivity index (χ4n) is 1.61. The molecule has 0 radical (unpaired) electrons. The maximum absolute atomic E-state index is 5.83. The van der Waals surface area contributed by atoms with Crippen molar-refractivity contribution in [2.24, 2.45) is 5.73 Å².